The lowest BCUT2D eigenvalue weighted by Crippen LogP contribution is -2.31. The number of thioether (sulfide) groups is 1. The Morgan fingerprint density at radius 3 is 2.62 bits per heavy atom. The van der Waals surface area contributed by atoms with Gasteiger partial charge in [0.25, 0.3) is 10.0 Å². The van der Waals surface area contributed by atoms with Crippen molar-refractivity contribution in [3.63, 3.8) is 0 Å². The molecule has 0 saturated carbocycles. The Morgan fingerprint density at radius 2 is 2.05 bits per heavy atom. The third-order valence-corrected chi connectivity index (χ3v) is 5.75. The molecular formula is C13H13BrN2O3S2. The van der Waals surface area contributed by atoms with Crippen molar-refractivity contribution in [1.82, 2.24) is 4.90 Å². The molecule has 1 saturated heterocycles. The van der Waals surface area contributed by atoms with E-state index in [1.807, 2.05) is 0 Å². The number of sulfonamides is 1. The Kier molecular flexibility index (Phi) is 4.90. The summed E-state index contributed by atoms with van der Waals surface area (Å²) in [6.07, 6.45) is 1.54. The molecule has 1 unspecified atom stereocenters. The van der Waals surface area contributed by atoms with Gasteiger partial charge in [-0.3, -0.25) is 9.69 Å². The van der Waals surface area contributed by atoms with Gasteiger partial charge in [0.1, 0.15) is 0 Å². The highest BCUT2D eigenvalue weighted by atomic mass is 79.9. The standard InChI is InChI=1S/C13H13BrN2O3S2/c1-3-8-16-12(17)9(2)20-13(16)15-21(18,19)11-6-4-10(14)5-7-11/h3-7,9H,1,8H2,2H3. The molecule has 0 spiro atoms. The molecule has 5 nitrogen and oxygen atoms in total. The molecule has 1 aromatic rings. The van der Waals surface area contributed by atoms with Crippen LogP contribution in [0, 0.1) is 0 Å². The number of carbonyl (C=O) groups is 1. The maximum atomic E-state index is 12.3. The smallest absolute Gasteiger partial charge is 0.284 e. The van der Waals surface area contributed by atoms with Crippen molar-refractivity contribution in [2.45, 2.75) is 17.1 Å². The van der Waals surface area contributed by atoms with E-state index in [9.17, 15) is 13.2 Å². The SMILES string of the molecule is C=CCN1C(=O)C(C)SC1=NS(=O)(=O)c1ccc(Br)cc1. The third kappa shape index (κ3) is 3.56. The lowest BCUT2D eigenvalue weighted by molar-refractivity contribution is -0.125. The summed E-state index contributed by atoms with van der Waals surface area (Å²) < 4.78 is 29.1. The minimum atomic E-state index is -3.84. The van der Waals surface area contributed by atoms with Crippen LogP contribution in [0.1, 0.15) is 6.92 Å². The van der Waals surface area contributed by atoms with Gasteiger partial charge in [-0.25, -0.2) is 0 Å². The molecule has 2 rings (SSSR count). The van der Waals surface area contributed by atoms with Gasteiger partial charge in [0.15, 0.2) is 5.17 Å². The van der Waals surface area contributed by atoms with E-state index in [2.05, 4.69) is 26.9 Å². The topological polar surface area (TPSA) is 66.8 Å². The second-order valence-corrected chi connectivity index (χ2v) is 8.13. The van der Waals surface area contributed by atoms with E-state index in [-0.39, 0.29) is 27.8 Å². The Bertz CT molecular complexity index is 699. The first-order valence-corrected chi connectivity index (χ1v) is 9.16. The van der Waals surface area contributed by atoms with E-state index in [4.69, 9.17) is 0 Å². The van der Waals surface area contributed by atoms with Gasteiger partial charge in [-0.1, -0.05) is 33.8 Å². The monoisotopic (exact) mass is 388 g/mol. The fraction of sp³-hybridized carbons (Fsp3) is 0.231. The fourth-order valence-corrected chi connectivity index (χ4v) is 4.17. The van der Waals surface area contributed by atoms with Crippen LogP contribution in [-0.4, -0.2) is 36.2 Å². The van der Waals surface area contributed by atoms with Crippen molar-refractivity contribution >= 4 is 48.8 Å². The minimum absolute atomic E-state index is 0.0874. The summed E-state index contributed by atoms with van der Waals surface area (Å²) in [4.78, 5) is 13.4. The average molecular weight is 389 g/mol. The number of rotatable bonds is 4. The van der Waals surface area contributed by atoms with Crippen LogP contribution < -0.4 is 0 Å². The Balaban J connectivity index is 2.39. The van der Waals surface area contributed by atoms with Crippen molar-refractivity contribution in [2.24, 2.45) is 4.40 Å². The maximum Gasteiger partial charge on any atom is 0.284 e. The zero-order valence-electron chi connectivity index (χ0n) is 11.2. The molecule has 0 aromatic heterocycles. The molecule has 1 heterocycles. The molecule has 1 atom stereocenters. The Morgan fingerprint density at radius 1 is 1.43 bits per heavy atom. The molecule has 1 amide bonds. The first-order valence-electron chi connectivity index (χ1n) is 6.04. The van der Waals surface area contributed by atoms with Gasteiger partial charge < -0.3 is 0 Å². The summed E-state index contributed by atoms with van der Waals surface area (Å²) in [5.41, 5.74) is 0. The number of carbonyl (C=O) groups excluding carboxylic acids is 1. The number of nitrogens with zero attached hydrogens (tertiary/aromatic N) is 2. The molecule has 0 radical (unpaired) electrons. The summed E-state index contributed by atoms with van der Waals surface area (Å²) in [7, 11) is -3.84. The summed E-state index contributed by atoms with van der Waals surface area (Å²) >= 11 is 4.38. The van der Waals surface area contributed by atoms with Crippen LogP contribution in [0.4, 0.5) is 0 Å². The molecule has 1 aliphatic rings. The van der Waals surface area contributed by atoms with Crippen molar-refractivity contribution in [2.75, 3.05) is 6.54 Å². The van der Waals surface area contributed by atoms with E-state index in [1.54, 1.807) is 19.1 Å². The molecule has 21 heavy (non-hydrogen) atoms. The zero-order chi connectivity index (χ0) is 15.6. The van der Waals surface area contributed by atoms with Crippen LogP contribution >= 0.6 is 27.7 Å². The first kappa shape index (κ1) is 16.3. The third-order valence-electron chi connectivity index (χ3n) is 2.75. The summed E-state index contributed by atoms with van der Waals surface area (Å²) in [5.74, 6) is -0.162. The molecule has 8 heteroatoms. The highest BCUT2D eigenvalue weighted by Crippen LogP contribution is 2.28. The maximum absolute atomic E-state index is 12.3. The molecule has 1 fully saturated rings. The highest BCUT2D eigenvalue weighted by Gasteiger charge is 2.35. The molecular weight excluding hydrogens is 376 g/mol. The molecule has 112 valence electrons. The van der Waals surface area contributed by atoms with E-state index in [0.717, 1.165) is 16.2 Å². The molecule has 0 N–H and O–H groups in total. The van der Waals surface area contributed by atoms with Crippen molar-refractivity contribution in [3.8, 4) is 0 Å². The number of halogens is 1. The zero-order valence-corrected chi connectivity index (χ0v) is 14.4. The lowest BCUT2D eigenvalue weighted by Gasteiger charge is -2.13. The van der Waals surface area contributed by atoms with E-state index in [1.165, 1.54) is 23.1 Å². The lowest BCUT2D eigenvalue weighted by atomic mass is 10.4. The highest BCUT2D eigenvalue weighted by molar-refractivity contribution is 9.10. The second-order valence-electron chi connectivity index (χ2n) is 4.30. The predicted molar refractivity (Wildman–Crippen MR) is 87.7 cm³/mol. The fourth-order valence-electron chi connectivity index (χ4n) is 1.72. The number of hydrogen-bond acceptors (Lipinski definition) is 4. The van der Waals surface area contributed by atoms with Gasteiger partial charge in [0.2, 0.25) is 5.91 Å². The van der Waals surface area contributed by atoms with Crippen LogP contribution in [0.25, 0.3) is 0 Å². The average Bonchev–Trinajstić information content (AvgIpc) is 2.67. The Labute approximate surface area is 136 Å². The van der Waals surface area contributed by atoms with Gasteiger partial charge >= 0.3 is 0 Å². The number of amidine groups is 1. The number of hydrogen-bond donors (Lipinski definition) is 0. The largest absolute Gasteiger partial charge is 0.286 e. The Hall–Kier alpha value is -1.12. The van der Waals surface area contributed by atoms with E-state index in [0.29, 0.717) is 0 Å². The van der Waals surface area contributed by atoms with Gasteiger partial charge in [-0.05, 0) is 31.2 Å². The number of amides is 1. The summed E-state index contributed by atoms with van der Waals surface area (Å²) in [6.45, 7) is 5.53. The van der Waals surface area contributed by atoms with Gasteiger partial charge in [0.05, 0.1) is 10.1 Å². The van der Waals surface area contributed by atoms with Crippen molar-refractivity contribution in [3.05, 3.63) is 41.4 Å². The quantitative estimate of drug-likeness (QED) is 0.743. The molecule has 1 aliphatic heterocycles. The molecule has 0 bridgehead atoms. The predicted octanol–water partition coefficient (Wildman–Crippen LogP) is 2.64. The van der Waals surface area contributed by atoms with Crippen LogP contribution in [-0.2, 0) is 14.8 Å². The molecule has 1 aromatic carbocycles. The second kappa shape index (κ2) is 6.33. The van der Waals surface area contributed by atoms with Crippen LogP contribution in [0.3, 0.4) is 0 Å². The van der Waals surface area contributed by atoms with Gasteiger partial charge in [-0.2, -0.15) is 8.42 Å². The van der Waals surface area contributed by atoms with E-state index < -0.39 is 10.0 Å². The summed E-state index contributed by atoms with van der Waals surface area (Å²) in [5, 5.41) is -0.154. The van der Waals surface area contributed by atoms with Crippen molar-refractivity contribution < 1.29 is 13.2 Å². The summed E-state index contributed by atoms with van der Waals surface area (Å²) in [6, 6.07) is 6.19. The number of benzene rings is 1. The van der Waals surface area contributed by atoms with E-state index >= 15 is 0 Å². The van der Waals surface area contributed by atoms with Gasteiger partial charge in [0, 0.05) is 11.0 Å². The van der Waals surface area contributed by atoms with Crippen molar-refractivity contribution in [1.29, 1.82) is 0 Å². The van der Waals surface area contributed by atoms with Crippen LogP contribution in [0.2, 0.25) is 0 Å². The first-order chi connectivity index (χ1) is 9.85. The minimum Gasteiger partial charge on any atom is -0.286 e. The molecule has 0 aliphatic carbocycles. The van der Waals surface area contributed by atoms with Gasteiger partial charge in [-0.15, -0.1) is 11.0 Å². The van der Waals surface area contributed by atoms with Crippen LogP contribution in [0.15, 0.2) is 50.7 Å². The normalized spacial score (nSPS) is 21.0. The van der Waals surface area contributed by atoms with Crippen LogP contribution in [0.5, 0.6) is 0 Å².